The molecule has 0 bridgehead atoms. The summed E-state index contributed by atoms with van der Waals surface area (Å²) in [4.78, 5) is 5.32. The Morgan fingerprint density at radius 2 is 2.13 bits per heavy atom. The van der Waals surface area contributed by atoms with Gasteiger partial charge in [-0.1, -0.05) is 30.9 Å². The largest absolute Gasteiger partial charge is 0.229 e. The molecule has 1 aromatic rings. The number of hydrogen-bond donors (Lipinski definition) is 0. The molecule has 0 unspecified atom stereocenters. The van der Waals surface area contributed by atoms with Gasteiger partial charge in [0.1, 0.15) is 5.15 Å². The zero-order chi connectivity index (χ0) is 10.7. The molecule has 1 aliphatic carbocycles. The molecule has 2 rings (SSSR count). The van der Waals surface area contributed by atoms with E-state index in [-0.39, 0.29) is 0 Å². The maximum absolute atomic E-state index is 8.63. The predicted molar refractivity (Wildman–Crippen MR) is 62.3 cm³/mol. The highest BCUT2D eigenvalue weighted by Gasteiger charge is 2.20. The maximum Gasteiger partial charge on any atom is 0.144 e. The molecule has 80 valence electrons. The molecule has 0 spiro atoms. The van der Waals surface area contributed by atoms with Crippen LogP contribution in [0.5, 0.6) is 0 Å². The standard InChI is InChI=1S/C11H13ClN2S/c12-10-9(6-7-13)15-11(14-10)8-4-2-1-3-5-8/h8H,1-6H2. The summed E-state index contributed by atoms with van der Waals surface area (Å²) in [6.07, 6.45) is 6.81. The summed E-state index contributed by atoms with van der Waals surface area (Å²) in [6, 6.07) is 2.13. The van der Waals surface area contributed by atoms with E-state index in [0.29, 0.717) is 17.5 Å². The molecule has 1 aliphatic rings. The van der Waals surface area contributed by atoms with Gasteiger partial charge in [-0.15, -0.1) is 11.3 Å². The van der Waals surface area contributed by atoms with E-state index < -0.39 is 0 Å². The Morgan fingerprint density at radius 1 is 1.40 bits per heavy atom. The van der Waals surface area contributed by atoms with Gasteiger partial charge in [-0.3, -0.25) is 0 Å². The molecule has 1 fully saturated rings. The van der Waals surface area contributed by atoms with E-state index in [2.05, 4.69) is 11.1 Å². The SMILES string of the molecule is N#CCc1sc(C2CCCCC2)nc1Cl. The van der Waals surface area contributed by atoms with E-state index in [4.69, 9.17) is 16.9 Å². The van der Waals surface area contributed by atoms with E-state index in [1.807, 2.05) is 0 Å². The van der Waals surface area contributed by atoms with Gasteiger partial charge in [0, 0.05) is 5.92 Å². The normalized spacial score (nSPS) is 17.6. The first-order chi connectivity index (χ1) is 7.31. The zero-order valence-corrected chi connectivity index (χ0v) is 10.1. The van der Waals surface area contributed by atoms with Gasteiger partial charge < -0.3 is 0 Å². The monoisotopic (exact) mass is 240 g/mol. The predicted octanol–water partition coefficient (Wildman–Crippen LogP) is 3.91. The van der Waals surface area contributed by atoms with Crippen LogP contribution in [0.3, 0.4) is 0 Å². The van der Waals surface area contributed by atoms with Crippen LogP contribution < -0.4 is 0 Å². The zero-order valence-electron chi connectivity index (χ0n) is 8.50. The van der Waals surface area contributed by atoms with Crippen LogP contribution >= 0.6 is 22.9 Å². The quantitative estimate of drug-likeness (QED) is 0.786. The topological polar surface area (TPSA) is 36.7 Å². The molecule has 0 aromatic carbocycles. The fourth-order valence-corrected chi connectivity index (χ4v) is 3.44. The number of aromatic nitrogens is 1. The first kappa shape index (κ1) is 10.9. The Hall–Kier alpha value is -0.590. The lowest BCUT2D eigenvalue weighted by molar-refractivity contribution is 0.442. The minimum atomic E-state index is 0.392. The van der Waals surface area contributed by atoms with E-state index in [1.165, 1.54) is 32.1 Å². The molecule has 0 N–H and O–H groups in total. The highest BCUT2D eigenvalue weighted by Crippen LogP contribution is 2.37. The van der Waals surface area contributed by atoms with Crippen LogP contribution in [-0.4, -0.2) is 4.98 Å². The van der Waals surface area contributed by atoms with Crippen molar-refractivity contribution in [1.82, 2.24) is 4.98 Å². The summed E-state index contributed by atoms with van der Waals surface area (Å²) in [5, 5.41) is 10.3. The highest BCUT2D eigenvalue weighted by atomic mass is 35.5. The van der Waals surface area contributed by atoms with Crippen LogP contribution in [0.1, 0.15) is 47.9 Å². The van der Waals surface area contributed by atoms with Crippen molar-refractivity contribution < 1.29 is 0 Å². The molecule has 4 heteroatoms. The fraction of sp³-hybridized carbons (Fsp3) is 0.636. The Kier molecular flexibility index (Phi) is 3.61. The Balaban J connectivity index is 2.14. The molecule has 1 heterocycles. The van der Waals surface area contributed by atoms with Crippen molar-refractivity contribution in [2.75, 3.05) is 0 Å². The fourth-order valence-electron chi connectivity index (χ4n) is 2.06. The van der Waals surface area contributed by atoms with Crippen LogP contribution in [0.2, 0.25) is 5.15 Å². The lowest BCUT2D eigenvalue weighted by Crippen LogP contribution is -2.03. The molecule has 0 atom stereocenters. The molecule has 0 aliphatic heterocycles. The number of nitriles is 1. The summed E-state index contributed by atoms with van der Waals surface area (Å²) >= 11 is 7.62. The molecular weight excluding hydrogens is 228 g/mol. The lowest BCUT2D eigenvalue weighted by atomic mass is 9.90. The van der Waals surface area contributed by atoms with Crippen molar-refractivity contribution in [2.45, 2.75) is 44.4 Å². The molecule has 2 nitrogen and oxygen atoms in total. The number of rotatable bonds is 2. The number of nitrogens with zero attached hydrogens (tertiary/aromatic N) is 2. The van der Waals surface area contributed by atoms with Crippen LogP contribution in [0.25, 0.3) is 0 Å². The smallest absolute Gasteiger partial charge is 0.144 e. The summed E-state index contributed by atoms with van der Waals surface area (Å²) in [6.45, 7) is 0. The van der Waals surface area contributed by atoms with Crippen molar-refractivity contribution in [2.24, 2.45) is 0 Å². The molecule has 1 saturated carbocycles. The minimum Gasteiger partial charge on any atom is -0.229 e. The van der Waals surface area contributed by atoms with E-state index in [1.54, 1.807) is 11.3 Å². The summed E-state index contributed by atoms with van der Waals surface area (Å²) in [5.41, 5.74) is 0. The molecule has 1 aromatic heterocycles. The van der Waals surface area contributed by atoms with Gasteiger partial charge in [0.05, 0.1) is 22.4 Å². The second-order valence-corrected chi connectivity index (χ2v) is 5.41. The number of hydrogen-bond acceptors (Lipinski definition) is 3. The van der Waals surface area contributed by atoms with Crippen molar-refractivity contribution in [3.05, 3.63) is 15.0 Å². The third-order valence-corrected chi connectivity index (χ3v) is 4.50. The second-order valence-electron chi connectivity index (χ2n) is 3.94. The summed E-state index contributed by atoms with van der Waals surface area (Å²) < 4.78 is 0. The van der Waals surface area contributed by atoms with Crippen LogP contribution in [0, 0.1) is 11.3 Å². The molecule has 0 radical (unpaired) electrons. The Bertz CT molecular complexity index is 374. The Morgan fingerprint density at radius 3 is 2.80 bits per heavy atom. The van der Waals surface area contributed by atoms with Crippen molar-refractivity contribution in [3.63, 3.8) is 0 Å². The Labute approximate surface area is 98.9 Å². The average Bonchev–Trinajstić information content (AvgIpc) is 2.63. The number of thiazole rings is 1. The summed E-state index contributed by atoms with van der Waals surface area (Å²) in [5.74, 6) is 0.591. The van der Waals surface area contributed by atoms with Crippen molar-refractivity contribution in [3.8, 4) is 6.07 Å². The third kappa shape index (κ3) is 2.50. The lowest BCUT2D eigenvalue weighted by Gasteiger charge is -2.18. The first-order valence-electron chi connectivity index (χ1n) is 5.33. The van der Waals surface area contributed by atoms with Gasteiger partial charge >= 0.3 is 0 Å². The van der Waals surface area contributed by atoms with E-state index >= 15 is 0 Å². The van der Waals surface area contributed by atoms with Gasteiger partial charge in [0.15, 0.2) is 0 Å². The van der Waals surface area contributed by atoms with Gasteiger partial charge in [0.25, 0.3) is 0 Å². The number of halogens is 1. The first-order valence-corrected chi connectivity index (χ1v) is 6.52. The van der Waals surface area contributed by atoms with Crippen molar-refractivity contribution in [1.29, 1.82) is 5.26 Å². The van der Waals surface area contributed by atoms with Gasteiger partial charge in [-0.25, -0.2) is 4.98 Å². The van der Waals surface area contributed by atoms with Gasteiger partial charge in [0.2, 0.25) is 0 Å². The van der Waals surface area contributed by atoms with Crippen LogP contribution in [0.4, 0.5) is 0 Å². The molecule has 0 saturated heterocycles. The van der Waals surface area contributed by atoms with Crippen LogP contribution in [0.15, 0.2) is 0 Å². The molecular formula is C11H13ClN2S. The average molecular weight is 241 g/mol. The molecule has 15 heavy (non-hydrogen) atoms. The van der Waals surface area contributed by atoms with E-state index in [0.717, 1.165) is 9.88 Å². The highest BCUT2D eigenvalue weighted by molar-refractivity contribution is 7.12. The summed E-state index contributed by atoms with van der Waals surface area (Å²) in [7, 11) is 0. The second kappa shape index (κ2) is 4.96. The maximum atomic E-state index is 8.63. The van der Waals surface area contributed by atoms with Gasteiger partial charge in [-0.2, -0.15) is 5.26 Å². The van der Waals surface area contributed by atoms with Gasteiger partial charge in [-0.05, 0) is 12.8 Å². The van der Waals surface area contributed by atoms with E-state index in [9.17, 15) is 0 Å². The van der Waals surface area contributed by atoms with Crippen LogP contribution in [-0.2, 0) is 6.42 Å². The minimum absolute atomic E-state index is 0.392. The van der Waals surface area contributed by atoms with Crippen molar-refractivity contribution >= 4 is 22.9 Å². The molecule has 0 amide bonds. The third-order valence-electron chi connectivity index (χ3n) is 2.86.